The van der Waals surface area contributed by atoms with Crippen LogP contribution in [0.15, 0.2) is 35.3 Å². The first-order chi connectivity index (χ1) is 7.77. The van der Waals surface area contributed by atoms with E-state index in [0.29, 0.717) is 6.54 Å². The molecule has 0 aliphatic heterocycles. The second-order valence-electron chi connectivity index (χ2n) is 3.21. The summed E-state index contributed by atoms with van der Waals surface area (Å²) in [5.41, 5.74) is 1.29. The van der Waals surface area contributed by atoms with E-state index >= 15 is 0 Å². The van der Waals surface area contributed by atoms with Gasteiger partial charge < -0.3 is 10.4 Å². The number of carbonyl (C=O) groups excluding carboxylic acids is 1. The molecule has 0 radical (unpaired) electrons. The summed E-state index contributed by atoms with van der Waals surface area (Å²) in [6, 6.07) is 3.43. The molecule has 2 N–H and O–H groups in total. The van der Waals surface area contributed by atoms with Gasteiger partial charge in [0.05, 0.1) is 11.8 Å². The van der Waals surface area contributed by atoms with Crippen LogP contribution in [0.2, 0.25) is 0 Å². The molecule has 0 atom stereocenters. The van der Waals surface area contributed by atoms with Crippen molar-refractivity contribution in [1.29, 1.82) is 0 Å². The Kier molecular flexibility index (Phi) is 3.16. The molecular weight excluding hydrogens is 224 g/mol. The molecule has 16 heavy (non-hydrogen) atoms. The second kappa shape index (κ2) is 4.76. The minimum Gasteiger partial charge on any atom is -0.505 e. The number of nitrogens with zero attached hydrogens (tertiary/aromatic N) is 1. The van der Waals surface area contributed by atoms with E-state index in [4.69, 9.17) is 0 Å². The molecule has 0 aliphatic rings. The monoisotopic (exact) mass is 234 g/mol. The standard InChI is InChI=1S/C11H10N2O2S/c14-10-6-12-3-1-9(10)11(15)13-5-8-2-4-16-7-8/h1-4,6-7,14H,5H2,(H,13,15). The van der Waals surface area contributed by atoms with Crippen molar-refractivity contribution in [1.82, 2.24) is 10.3 Å². The van der Waals surface area contributed by atoms with Crippen LogP contribution in [0.5, 0.6) is 5.75 Å². The Bertz CT molecular complexity index is 482. The molecule has 0 bridgehead atoms. The maximum absolute atomic E-state index is 11.7. The normalized spacial score (nSPS) is 10.0. The first kappa shape index (κ1) is 10.6. The van der Waals surface area contributed by atoms with E-state index in [2.05, 4.69) is 10.3 Å². The molecule has 5 heteroatoms. The molecule has 1 amide bonds. The van der Waals surface area contributed by atoms with Gasteiger partial charge in [-0.15, -0.1) is 0 Å². The molecule has 2 rings (SSSR count). The smallest absolute Gasteiger partial charge is 0.255 e. The van der Waals surface area contributed by atoms with Gasteiger partial charge in [0.25, 0.3) is 5.91 Å². The summed E-state index contributed by atoms with van der Waals surface area (Å²) in [6.45, 7) is 0.462. The van der Waals surface area contributed by atoms with Gasteiger partial charge in [-0.2, -0.15) is 11.3 Å². The zero-order valence-electron chi connectivity index (χ0n) is 8.38. The molecule has 0 fully saturated rings. The highest BCUT2D eigenvalue weighted by Crippen LogP contribution is 2.13. The maximum atomic E-state index is 11.7. The number of aromatic hydroxyl groups is 1. The fraction of sp³-hybridized carbons (Fsp3) is 0.0909. The van der Waals surface area contributed by atoms with Gasteiger partial charge in [-0.3, -0.25) is 9.78 Å². The summed E-state index contributed by atoms with van der Waals surface area (Å²) < 4.78 is 0. The van der Waals surface area contributed by atoms with Crippen LogP contribution < -0.4 is 5.32 Å². The van der Waals surface area contributed by atoms with Crippen LogP contribution in [0.25, 0.3) is 0 Å². The first-order valence-corrected chi connectivity index (χ1v) is 5.64. The molecule has 0 unspecified atom stereocenters. The van der Waals surface area contributed by atoms with E-state index in [1.54, 1.807) is 11.3 Å². The zero-order valence-corrected chi connectivity index (χ0v) is 9.20. The predicted molar refractivity (Wildman–Crippen MR) is 61.4 cm³/mol. The molecule has 2 aromatic rings. The van der Waals surface area contributed by atoms with Crippen LogP contribution in [0, 0.1) is 0 Å². The molecule has 0 saturated carbocycles. The lowest BCUT2D eigenvalue weighted by Crippen LogP contribution is -2.22. The van der Waals surface area contributed by atoms with E-state index in [9.17, 15) is 9.90 Å². The van der Waals surface area contributed by atoms with E-state index < -0.39 is 0 Å². The lowest BCUT2D eigenvalue weighted by molar-refractivity contribution is 0.0948. The molecule has 0 saturated heterocycles. The van der Waals surface area contributed by atoms with Gasteiger partial charge in [0.2, 0.25) is 0 Å². The van der Waals surface area contributed by atoms with Crippen molar-refractivity contribution in [2.45, 2.75) is 6.54 Å². The molecular formula is C11H10N2O2S. The molecule has 0 spiro atoms. The average Bonchev–Trinajstić information content (AvgIpc) is 2.79. The Hall–Kier alpha value is -1.88. The van der Waals surface area contributed by atoms with Gasteiger partial charge in [-0.25, -0.2) is 0 Å². The van der Waals surface area contributed by atoms with Crippen molar-refractivity contribution in [3.8, 4) is 5.75 Å². The molecule has 0 aromatic carbocycles. The van der Waals surface area contributed by atoms with Gasteiger partial charge in [-0.05, 0) is 28.5 Å². The molecule has 4 nitrogen and oxygen atoms in total. The van der Waals surface area contributed by atoms with Crippen molar-refractivity contribution in [2.75, 3.05) is 0 Å². The molecule has 0 aliphatic carbocycles. The predicted octanol–water partition coefficient (Wildman–Crippen LogP) is 1.78. The van der Waals surface area contributed by atoms with E-state index in [-0.39, 0.29) is 17.2 Å². The van der Waals surface area contributed by atoms with Crippen molar-refractivity contribution in [2.24, 2.45) is 0 Å². The van der Waals surface area contributed by atoms with Crippen LogP contribution in [0.3, 0.4) is 0 Å². The first-order valence-electron chi connectivity index (χ1n) is 4.69. The van der Waals surface area contributed by atoms with Crippen molar-refractivity contribution in [3.63, 3.8) is 0 Å². The lowest BCUT2D eigenvalue weighted by atomic mass is 10.2. The van der Waals surface area contributed by atoms with E-state index in [0.717, 1.165) is 5.56 Å². The average molecular weight is 234 g/mol. The van der Waals surface area contributed by atoms with E-state index in [1.807, 2.05) is 16.8 Å². The third kappa shape index (κ3) is 2.38. The van der Waals surface area contributed by atoms with Gasteiger partial charge in [0.1, 0.15) is 5.75 Å². The number of amides is 1. The van der Waals surface area contributed by atoms with E-state index in [1.165, 1.54) is 18.5 Å². The van der Waals surface area contributed by atoms with Crippen LogP contribution in [-0.2, 0) is 6.54 Å². The third-order valence-electron chi connectivity index (χ3n) is 2.08. The number of nitrogens with one attached hydrogen (secondary N) is 1. The third-order valence-corrected chi connectivity index (χ3v) is 2.81. The van der Waals surface area contributed by atoms with Crippen LogP contribution in [-0.4, -0.2) is 16.0 Å². The SMILES string of the molecule is O=C(NCc1ccsc1)c1ccncc1O. The number of rotatable bonds is 3. The maximum Gasteiger partial charge on any atom is 0.255 e. The van der Waals surface area contributed by atoms with Crippen molar-refractivity contribution >= 4 is 17.2 Å². The summed E-state index contributed by atoms with van der Waals surface area (Å²) in [6.07, 6.45) is 2.72. The Morgan fingerprint density at radius 1 is 1.50 bits per heavy atom. The topological polar surface area (TPSA) is 62.2 Å². The Morgan fingerprint density at radius 2 is 2.38 bits per heavy atom. The summed E-state index contributed by atoms with van der Waals surface area (Å²) in [5, 5.41) is 16.1. The summed E-state index contributed by atoms with van der Waals surface area (Å²) in [5.74, 6) is -0.406. The van der Waals surface area contributed by atoms with Gasteiger partial charge in [0.15, 0.2) is 0 Å². The largest absolute Gasteiger partial charge is 0.505 e. The quantitative estimate of drug-likeness (QED) is 0.851. The van der Waals surface area contributed by atoms with Gasteiger partial charge in [-0.1, -0.05) is 0 Å². The van der Waals surface area contributed by atoms with Crippen LogP contribution in [0.1, 0.15) is 15.9 Å². The zero-order chi connectivity index (χ0) is 11.4. The summed E-state index contributed by atoms with van der Waals surface area (Å²) in [4.78, 5) is 15.4. The molecule has 82 valence electrons. The number of thiophene rings is 1. The summed E-state index contributed by atoms with van der Waals surface area (Å²) in [7, 11) is 0. The number of hydrogen-bond acceptors (Lipinski definition) is 4. The Labute approximate surface area is 96.6 Å². The number of aromatic nitrogens is 1. The second-order valence-corrected chi connectivity index (χ2v) is 3.99. The number of carbonyl (C=O) groups is 1. The lowest BCUT2D eigenvalue weighted by Gasteiger charge is -2.04. The molecule has 2 heterocycles. The number of pyridine rings is 1. The highest BCUT2D eigenvalue weighted by Gasteiger charge is 2.09. The van der Waals surface area contributed by atoms with Crippen molar-refractivity contribution < 1.29 is 9.90 Å². The minimum absolute atomic E-state index is 0.106. The molecule has 2 aromatic heterocycles. The fourth-order valence-corrected chi connectivity index (χ4v) is 1.92. The van der Waals surface area contributed by atoms with Crippen molar-refractivity contribution in [3.05, 3.63) is 46.4 Å². The Balaban J connectivity index is 2.01. The van der Waals surface area contributed by atoms with Crippen LogP contribution >= 0.6 is 11.3 Å². The number of hydrogen-bond donors (Lipinski definition) is 2. The highest BCUT2D eigenvalue weighted by molar-refractivity contribution is 7.07. The highest BCUT2D eigenvalue weighted by atomic mass is 32.1. The summed E-state index contributed by atoms with van der Waals surface area (Å²) >= 11 is 1.58. The van der Waals surface area contributed by atoms with Crippen LogP contribution in [0.4, 0.5) is 0 Å². The van der Waals surface area contributed by atoms with Gasteiger partial charge in [0, 0.05) is 12.7 Å². The van der Waals surface area contributed by atoms with Gasteiger partial charge >= 0.3 is 0 Å². The Morgan fingerprint density at radius 3 is 3.06 bits per heavy atom. The fourth-order valence-electron chi connectivity index (χ4n) is 1.25. The minimum atomic E-state index is -0.300.